The van der Waals surface area contributed by atoms with Crippen LogP contribution in [0, 0.1) is 0 Å². The van der Waals surface area contributed by atoms with Crippen LogP contribution < -0.4 is 16.2 Å². The number of nitrogens with two attached hydrogens (primary N) is 2. The van der Waals surface area contributed by atoms with E-state index in [9.17, 15) is 13.2 Å². The fourth-order valence-electron chi connectivity index (χ4n) is 1.42. The number of rotatable bonds is 2. The summed E-state index contributed by atoms with van der Waals surface area (Å²) in [5.74, 6) is -0.344. The maximum atomic E-state index is 12.8. The number of hydrogen-bond donors (Lipinski definition) is 2. The van der Waals surface area contributed by atoms with Crippen molar-refractivity contribution in [2.45, 2.75) is 6.18 Å². The first-order valence-corrected chi connectivity index (χ1v) is 5.22. The smallest absolute Gasteiger partial charge is 0.420 e. The Balaban J connectivity index is 2.37. The Kier molecular flexibility index (Phi) is 3.20. The van der Waals surface area contributed by atoms with Crippen LogP contribution in [0.4, 0.5) is 24.5 Å². The third-order valence-electron chi connectivity index (χ3n) is 2.28. The van der Waals surface area contributed by atoms with E-state index in [0.29, 0.717) is 5.69 Å². The molecule has 0 amide bonds. The molecule has 0 fully saturated rings. The zero-order valence-corrected chi connectivity index (χ0v) is 9.61. The van der Waals surface area contributed by atoms with Gasteiger partial charge in [-0.3, -0.25) is 0 Å². The Labute approximate surface area is 106 Å². The summed E-state index contributed by atoms with van der Waals surface area (Å²) in [6.45, 7) is 0. The molecule has 1 aromatic heterocycles. The second-order valence-corrected chi connectivity index (χ2v) is 3.79. The number of nitrogen functional groups attached to an aromatic ring is 2. The van der Waals surface area contributed by atoms with Crippen molar-refractivity contribution in [1.29, 1.82) is 0 Å². The van der Waals surface area contributed by atoms with E-state index in [0.717, 1.165) is 12.1 Å². The van der Waals surface area contributed by atoms with Crippen molar-refractivity contribution in [1.82, 2.24) is 4.98 Å². The van der Waals surface area contributed by atoms with Crippen LogP contribution in [0.2, 0.25) is 0 Å². The fraction of sp³-hybridized carbons (Fsp3) is 0.0833. The van der Waals surface area contributed by atoms with Gasteiger partial charge in [-0.1, -0.05) is 0 Å². The molecule has 0 saturated heterocycles. The predicted octanol–water partition coefficient (Wildman–Crippen LogP) is 3.06. The van der Waals surface area contributed by atoms with Gasteiger partial charge in [-0.15, -0.1) is 0 Å². The van der Waals surface area contributed by atoms with Crippen molar-refractivity contribution in [3.63, 3.8) is 0 Å². The second kappa shape index (κ2) is 4.68. The number of alkyl halides is 3. The van der Waals surface area contributed by atoms with Crippen molar-refractivity contribution >= 4 is 11.4 Å². The minimum atomic E-state index is -4.56. The Morgan fingerprint density at radius 3 is 2.26 bits per heavy atom. The van der Waals surface area contributed by atoms with Crippen LogP contribution in [-0.4, -0.2) is 4.98 Å². The molecule has 0 radical (unpaired) electrons. The number of nitrogens with zero attached hydrogens (tertiary/aromatic N) is 1. The highest BCUT2D eigenvalue weighted by Crippen LogP contribution is 2.38. The fourth-order valence-corrected chi connectivity index (χ4v) is 1.42. The molecule has 1 heterocycles. The maximum Gasteiger partial charge on any atom is 0.420 e. The number of halogens is 3. The van der Waals surface area contributed by atoms with Crippen LogP contribution >= 0.6 is 0 Å². The number of benzene rings is 1. The van der Waals surface area contributed by atoms with E-state index in [-0.39, 0.29) is 17.3 Å². The van der Waals surface area contributed by atoms with E-state index < -0.39 is 11.7 Å². The van der Waals surface area contributed by atoms with Crippen molar-refractivity contribution in [2.75, 3.05) is 11.5 Å². The Hall–Kier alpha value is -2.44. The van der Waals surface area contributed by atoms with Gasteiger partial charge in [0.25, 0.3) is 0 Å². The lowest BCUT2D eigenvalue weighted by Crippen LogP contribution is -2.08. The van der Waals surface area contributed by atoms with Crippen molar-refractivity contribution in [2.24, 2.45) is 0 Å². The predicted molar refractivity (Wildman–Crippen MR) is 64.6 cm³/mol. The van der Waals surface area contributed by atoms with Gasteiger partial charge in [0, 0.05) is 11.8 Å². The summed E-state index contributed by atoms with van der Waals surface area (Å²) in [5.41, 5.74) is 10.2. The lowest BCUT2D eigenvalue weighted by molar-refractivity contribution is -0.138. The number of aromatic nitrogens is 1. The summed E-state index contributed by atoms with van der Waals surface area (Å²) >= 11 is 0. The van der Waals surface area contributed by atoms with E-state index in [2.05, 4.69) is 4.98 Å². The van der Waals surface area contributed by atoms with Gasteiger partial charge in [-0.25, -0.2) is 4.98 Å². The molecule has 2 rings (SSSR count). The van der Waals surface area contributed by atoms with Crippen LogP contribution in [0.25, 0.3) is 0 Å². The molecule has 0 bridgehead atoms. The van der Waals surface area contributed by atoms with Crippen LogP contribution in [-0.2, 0) is 6.18 Å². The minimum Gasteiger partial charge on any atom is -0.438 e. The molecule has 4 nitrogen and oxygen atoms in total. The Morgan fingerprint density at radius 1 is 1.00 bits per heavy atom. The van der Waals surface area contributed by atoms with Crippen molar-refractivity contribution in [3.8, 4) is 11.6 Å². The monoisotopic (exact) mass is 269 g/mol. The lowest BCUT2D eigenvalue weighted by Gasteiger charge is -2.13. The third-order valence-corrected chi connectivity index (χ3v) is 2.28. The normalized spacial score (nSPS) is 11.3. The topological polar surface area (TPSA) is 74.2 Å². The quantitative estimate of drug-likeness (QED) is 0.822. The largest absolute Gasteiger partial charge is 0.438 e. The van der Waals surface area contributed by atoms with Crippen molar-refractivity contribution in [3.05, 3.63) is 42.1 Å². The van der Waals surface area contributed by atoms with Gasteiger partial charge in [0.15, 0.2) is 0 Å². The number of anilines is 2. The Bertz CT molecular complexity index is 582. The SMILES string of the molecule is Nc1ccc(Oc2ccc(N)cc2C(F)(F)F)nc1. The van der Waals surface area contributed by atoms with Crippen LogP contribution in [0.3, 0.4) is 0 Å². The highest BCUT2D eigenvalue weighted by atomic mass is 19.4. The van der Waals surface area contributed by atoms with E-state index in [1.807, 2.05) is 0 Å². The third kappa shape index (κ3) is 3.06. The first-order chi connectivity index (χ1) is 8.86. The summed E-state index contributed by atoms with van der Waals surface area (Å²) in [5, 5.41) is 0. The summed E-state index contributed by atoms with van der Waals surface area (Å²) in [6, 6.07) is 6.14. The van der Waals surface area contributed by atoms with Gasteiger partial charge >= 0.3 is 6.18 Å². The average molecular weight is 269 g/mol. The van der Waals surface area contributed by atoms with E-state index in [4.69, 9.17) is 16.2 Å². The molecule has 0 aliphatic rings. The zero-order valence-electron chi connectivity index (χ0n) is 9.61. The molecule has 0 saturated carbocycles. The highest BCUT2D eigenvalue weighted by Gasteiger charge is 2.34. The molecule has 100 valence electrons. The van der Waals surface area contributed by atoms with Gasteiger partial charge in [0.1, 0.15) is 11.3 Å². The summed E-state index contributed by atoms with van der Waals surface area (Å²) in [7, 11) is 0. The molecular weight excluding hydrogens is 259 g/mol. The highest BCUT2D eigenvalue weighted by molar-refractivity contribution is 5.50. The molecular formula is C12H10F3N3O. The molecule has 1 aromatic carbocycles. The van der Waals surface area contributed by atoms with Crippen LogP contribution in [0.1, 0.15) is 5.56 Å². The molecule has 2 aromatic rings. The average Bonchev–Trinajstić information content (AvgIpc) is 2.33. The van der Waals surface area contributed by atoms with Gasteiger partial charge in [0.05, 0.1) is 11.9 Å². The van der Waals surface area contributed by atoms with E-state index >= 15 is 0 Å². The molecule has 0 atom stereocenters. The minimum absolute atomic E-state index is 0.00457. The van der Waals surface area contributed by atoms with Gasteiger partial charge in [-0.2, -0.15) is 13.2 Å². The molecule has 19 heavy (non-hydrogen) atoms. The van der Waals surface area contributed by atoms with Gasteiger partial charge < -0.3 is 16.2 Å². The molecule has 0 aliphatic carbocycles. The zero-order chi connectivity index (χ0) is 14.0. The molecule has 0 aliphatic heterocycles. The molecule has 0 spiro atoms. The molecule has 4 N–H and O–H groups in total. The van der Waals surface area contributed by atoms with Crippen molar-refractivity contribution < 1.29 is 17.9 Å². The standard InChI is InChI=1S/C12H10F3N3O/c13-12(14,15)9-5-7(16)1-3-10(9)19-11-4-2-8(17)6-18-11/h1-6H,16-17H2. The molecule has 0 unspecified atom stereocenters. The first kappa shape index (κ1) is 13.0. The Morgan fingerprint density at radius 2 is 1.68 bits per heavy atom. The summed E-state index contributed by atoms with van der Waals surface area (Å²) in [6.07, 6.45) is -3.27. The number of ether oxygens (including phenoxy) is 1. The van der Waals surface area contributed by atoms with Crippen LogP contribution in [0.15, 0.2) is 36.5 Å². The first-order valence-electron chi connectivity index (χ1n) is 5.22. The lowest BCUT2D eigenvalue weighted by atomic mass is 10.1. The number of pyridine rings is 1. The van der Waals surface area contributed by atoms with Crippen LogP contribution in [0.5, 0.6) is 11.6 Å². The molecule has 7 heteroatoms. The van der Waals surface area contributed by atoms with E-state index in [1.165, 1.54) is 24.4 Å². The maximum absolute atomic E-state index is 12.8. The number of hydrogen-bond acceptors (Lipinski definition) is 4. The summed E-state index contributed by atoms with van der Waals surface area (Å²) in [4.78, 5) is 3.77. The summed E-state index contributed by atoms with van der Waals surface area (Å²) < 4.78 is 43.6. The van der Waals surface area contributed by atoms with Gasteiger partial charge in [0.2, 0.25) is 5.88 Å². The van der Waals surface area contributed by atoms with Gasteiger partial charge in [-0.05, 0) is 24.3 Å². The second-order valence-electron chi connectivity index (χ2n) is 3.79. The van der Waals surface area contributed by atoms with E-state index in [1.54, 1.807) is 0 Å².